The van der Waals surface area contributed by atoms with Crippen molar-refractivity contribution < 1.29 is 41.8 Å². The van der Waals surface area contributed by atoms with Crippen molar-refractivity contribution in [1.29, 1.82) is 0 Å². The van der Waals surface area contributed by atoms with Crippen LogP contribution in [0.15, 0.2) is 59.0 Å². The highest BCUT2D eigenvalue weighted by Gasteiger charge is 2.31. The lowest BCUT2D eigenvalue weighted by molar-refractivity contribution is -0.274. The zero-order valence-corrected chi connectivity index (χ0v) is 18.1. The van der Waals surface area contributed by atoms with Crippen LogP contribution in [0.25, 0.3) is 11.3 Å². The Labute approximate surface area is 193 Å². The fraction of sp³-hybridized carbons (Fsp3) is 0.250. The molecule has 0 bridgehead atoms. The molecule has 1 amide bonds. The second kappa shape index (κ2) is 10.8. The molecule has 3 rings (SSSR count). The smallest absolute Gasteiger partial charge is 0.489 e. The minimum absolute atomic E-state index is 0.0348. The summed E-state index contributed by atoms with van der Waals surface area (Å²) in [6, 6.07) is 13.5. The van der Waals surface area contributed by atoms with Crippen LogP contribution in [0.2, 0.25) is 0 Å². The second-order valence-electron chi connectivity index (χ2n) is 7.20. The van der Waals surface area contributed by atoms with Crippen molar-refractivity contribution in [1.82, 2.24) is 5.32 Å². The van der Waals surface area contributed by atoms with Gasteiger partial charge in [0.05, 0.1) is 6.42 Å². The number of hydrogen-bond acceptors (Lipinski definition) is 5. The third kappa shape index (κ3) is 7.03. The van der Waals surface area contributed by atoms with Gasteiger partial charge in [-0.15, -0.1) is 13.2 Å². The van der Waals surface area contributed by atoms with Crippen molar-refractivity contribution in [2.45, 2.75) is 32.7 Å². The molecule has 0 spiro atoms. The van der Waals surface area contributed by atoms with Gasteiger partial charge in [-0.1, -0.05) is 6.92 Å². The molecule has 1 heterocycles. The molecule has 10 heteroatoms. The summed E-state index contributed by atoms with van der Waals surface area (Å²) in [6.07, 6.45) is -4.33. The van der Waals surface area contributed by atoms with Gasteiger partial charge in [-0.05, 0) is 54.6 Å². The predicted octanol–water partition coefficient (Wildman–Crippen LogP) is 5.19. The van der Waals surface area contributed by atoms with E-state index >= 15 is 0 Å². The maximum absolute atomic E-state index is 12.3. The van der Waals surface area contributed by atoms with Crippen LogP contribution < -0.4 is 14.8 Å². The van der Waals surface area contributed by atoms with E-state index in [0.717, 1.165) is 5.56 Å². The minimum atomic E-state index is -4.76. The number of carboxylic acids is 1. The Morgan fingerprint density at radius 1 is 1.03 bits per heavy atom. The summed E-state index contributed by atoms with van der Waals surface area (Å²) in [5.41, 5.74) is 1.74. The molecule has 34 heavy (non-hydrogen) atoms. The van der Waals surface area contributed by atoms with Gasteiger partial charge in [-0.25, -0.2) is 0 Å². The summed E-state index contributed by atoms with van der Waals surface area (Å²) < 4.78 is 52.5. The van der Waals surface area contributed by atoms with E-state index in [1.807, 2.05) is 6.92 Å². The number of carboxylic acid groups (broad SMARTS) is 1. The topological polar surface area (TPSA) is 98.0 Å². The zero-order chi connectivity index (χ0) is 24.7. The van der Waals surface area contributed by atoms with E-state index in [1.54, 1.807) is 30.3 Å². The number of ether oxygens (including phenoxy) is 2. The first-order chi connectivity index (χ1) is 16.1. The van der Waals surface area contributed by atoms with Crippen LogP contribution in [0.5, 0.6) is 11.5 Å². The van der Waals surface area contributed by atoms with E-state index in [0.29, 0.717) is 34.8 Å². The summed E-state index contributed by atoms with van der Waals surface area (Å²) in [5.74, 6) is -0.0124. The number of furan rings is 1. The number of rotatable bonds is 10. The highest BCUT2D eigenvalue weighted by Crippen LogP contribution is 2.30. The number of carbonyl (C=O) groups excluding carboxylic acids is 1. The molecule has 1 aromatic heterocycles. The van der Waals surface area contributed by atoms with Gasteiger partial charge in [-0.3, -0.25) is 9.59 Å². The van der Waals surface area contributed by atoms with Crippen molar-refractivity contribution >= 4 is 11.9 Å². The van der Waals surface area contributed by atoms with Gasteiger partial charge in [0.2, 0.25) is 0 Å². The van der Waals surface area contributed by atoms with E-state index in [1.165, 1.54) is 24.3 Å². The monoisotopic (exact) mass is 477 g/mol. The van der Waals surface area contributed by atoms with Crippen LogP contribution in [0.3, 0.4) is 0 Å². The van der Waals surface area contributed by atoms with Gasteiger partial charge in [-0.2, -0.15) is 0 Å². The largest absolute Gasteiger partial charge is 0.573 e. The van der Waals surface area contributed by atoms with Gasteiger partial charge in [0.25, 0.3) is 5.91 Å². The molecular weight excluding hydrogens is 455 g/mol. The maximum Gasteiger partial charge on any atom is 0.573 e. The number of hydrogen-bond donors (Lipinski definition) is 2. The molecule has 0 aliphatic carbocycles. The molecule has 0 aliphatic rings. The van der Waals surface area contributed by atoms with Gasteiger partial charge < -0.3 is 24.3 Å². The molecule has 3 aromatic rings. The fourth-order valence-electron chi connectivity index (χ4n) is 3.10. The summed E-state index contributed by atoms with van der Waals surface area (Å²) in [5, 5.41) is 11.1. The first-order valence-electron chi connectivity index (χ1n) is 10.3. The molecular formula is C24H22F3NO6. The highest BCUT2D eigenvalue weighted by molar-refractivity contribution is 5.94. The van der Waals surface area contributed by atoms with Gasteiger partial charge >= 0.3 is 12.3 Å². The van der Waals surface area contributed by atoms with E-state index < -0.39 is 12.3 Å². The number of amides is 1. The van der Waals surface area contributed by atoms with Crippen LogP contribution in [0, 0.1) is 0 Å². The predicted molar refractivity (Wildman–Crippen MR) is 116 cm³/mol. The Morgan fingerprint density at radius 2 is 1.68 bits per heavy atom. The van der Waals surface area contributed by atoms with Crippen LogP contribution in [-0.4, -0.2) is 29.9 Å². The van der Waals surface area contributed by atoms with E-state index in [4.69, 9.17) is 14.3 Å². The Kier molecular flexibility index (Phi) is 7.83. The summed E-state index contributed by atoms with van der Waals surface area (Å²) >= 11 is 0. The van der Waals surface area contributed by atoms with E-state index in [-0.39, 0.29) is 31.2 Å². The van der Waals surface area contributed by atoms with Gasteiger partial charge in [0, 0.05) is 29.7 Å². The minimum Gasteiger partial charge on any atom is -0.489 e. The number of halogens is 3. The molecule has 0 atom stereocenters. The van der Waals surface area contributed by atoms with Gasteiger partial charge in [0.15, 0.2) is 0 Å². The molecule has 0 unspecified atom stereocenters. The fourth-order valence-corrected chi connectivity index (χ4v) is 3.10. The van der Waals surface area contributed by atoms with E-state index in [2.05, 4.69) is 10.1 Å². The molecule has 7 nitrogen and oxygen atoms in total. The van der Waals surface area contributed by atoms with Crippen LogP contribution in [0.1, 0.15) is 35.0 Å². The van der Waals surface area contributed by atoms with Crippen molar-refractivity contribution in [2.24, 2.45) is 0 Å². The van der Waals surface area contributed by atoms with Gasteiger partial charge in [0.1, 0.15) is 29.6 Å². The molecule has 2 aromatic carbocycles. The lowest BCUT2D eigenvalue weighted by Gasteiger charge is -2.08. The van der Waals surface area contributed by atoms with Crippen molar-refractivity contribution in [2.75, 3.05) is 6.54 Å². The zero-order valence-electron chi connectivity index (χ0n) is 18.1. The third-order valence-corrected chi connectivity index (χ3v) is 4.73. The number of benzene rings is 2. The first kappa shape index (κ1) is 24.7. The van der Waals surface area contributed by atoms with Crippen LogP contribution >= 0.6 is 0 Å². The average molecular weight is 477 g/mol. The number of alkyl halides is 3. The number of aliphatic carboxylic acids is 1. The number of aryl methyl sites for hydroxylation is 1. The molecule has 0 radical (unpaired) electrons. The Morgan fingerprint density at radius 3 is 2.26 bits per heavy atom. The molecule has 0 fully saturated rings. The SMILES string of the molecule is CCc1oc(-c2ccc(OC(F)(F)F)cc2)cc1COc1ccc(C(=O)NCCC(=O)O)cc1. The summed E-state index contributed by atoms with van der Waals surface area (Å²) in [7, 11) is 0. The number of carbonyl (C=O) groups is 2. The first-order valence-corrected chi connectivity index (χ1v) is 10.3. The third-order valence-electron chi connectivity index (χ3n) is 4.73. The quantitative estimate of drug-likeness (QED) is 0.417. The molecule has 0 saturated carbocycles. The van der Waals surface area contributed by atoms with Crippen LogP contribution in [-0.2, 0) is 17.8 Å². The second-order valence-corrected chi connectivity index (χ2v) is 7.20. The summed E-state index contributed by atoms with van der Waals surface area (Å²) in [6.45, 7) is 2.13. The van der Waals surface area contributed by atoms with Crippen molar-refractivity contribution in [3.63, 3.8) is 0 Å². The lowest BCUT2D eigenvalue weighted by Crippen LogP contribution is -2.25. The molecule has 2 N–H and O–H groups in total. The number of nitrogens with one attached hydrogen (secondary N) is 1. The van der Waals surface area contributed by atoms with Crippen molar-refractivity contribution in [3.05, 3.63) is 71.5 Å². The maximum atomic E-state index is 12.3. The molecule has 0 aliphatic heterocycles. The standard InChI is InChI=1S/C24H22F3NO6/c1-2-20-17(13-21(33-20)15-3-9-19(10-4-15)34-24(25,26)27)14-32-18-7-5-16(6-8-18)23(31)28-12-11-22(29)30/h3-10,13H,2,11-12,14H2,1H3,(H,28,31)(H,29,30). The Bertz CT molecular complexity index is 1120. The molecule has 180 valence electrons. The van der Waals surface area contributed by atoms with Crippen LogP contribution in [0.4, 0.5) is 13.2 Å². The van der Waals surface area contributed by atoms with E-state index in [9.17, 15) is 22.8 Å². The summed E-state index contributed by atoms with van der Waals surface area (Å²) in [4.78, 5) is 22.5. The van der Waals surface area contributed by atoms with Crippen molar-refractivity contribution in [3.8, 4) is 22.8 Å². The normalized spacial score (nSPS) is 11.2. The Balaban J connectivity index is 1.62. The highest BCUT2D eigenvalue weighted by atomic mass is 19.4. The lowest BCUT2D eigenvalue weighted by atomic mass is 10.1. The average Bonchev–Trinajstić information content (AvgIpc) is 3.20. The molecule has 0 saturated heterocycles. The Hall–Kier alpha value is -3.95.